The molecule has 15 heavy (non-hydrogen) atoms. The Hall–Kier alpha value is -0.790. The van der Waals surface area contributed by atoms with E-state index in [1.807, 2.05) is 38.5 Å². The van der Waals surface area contributed by atoms with Gasteiger partial charge >= 0.3 is 5.97 Å². The molecule has 0 spiro atoms. The topological polar surface area (TPSA) is 37.3 Å². The highest BCUT2D eigenvalue weighted by atomic mass is 16.4. The van der Waals surface area contributed by atoms with E-state index in [9.17, 15) is 4.79 Å². The maximum atomic E-state index is 11.1. The first-order chi connectivity index (χ1) is 7.27. The van der Waals surface area contributed by atoms with Crippen LogP contribution in [0.3, 0.4) is 0 Å². The second-order valence-electron chi connectivity index (χ2n) is 3.25. The van der Waals surface area contributed by atoms with Gasteiger partial charge < -0.3 is 5.11 Å². The Labute approximate surface area is 91.4 Å². The number of carboxylic acid groups (broad SMARTS) is 1. The van der Waals surface area contributed by atoms with E-state index in [1.165, 1.54) is 0 Å². The fourth-order valence-electron chi connectivity index (χ4n) is 1.47. The van der Waals surface area contributed by atoms with Gasteiger partial charge in [-0.15, -0.1) is 0 Å². The highest BCUT2D eigenvalue weighted by Crippen LogP contribution is 2.33. The van der Waals surface area contributed by atoms with Crippen LogP contribution in [-0.2, 0) is 4.79 Å². The summed E-state index contributed by atoms with van der Waals surface area (Å²) in [7, 11) is 0. The Kier molecular flexibility index (Phi) is 3.45. The molecule has 0 aromatic carbocycles. The van der Waals surface area contributed by atoms with Crippen LogP contribution in [0.1, 0.15) is 0 Å². The molecule has 2 aliphatic rings. The molecule has 2 rings (SSSR count). The molecule has 0 saturated heterocycles. The molecule has 0 heterocycles. The molecular formula is C13H10O2. The van der Waals surface area contributed by atoms with Gasteiger partial charge in [-0.2, -0.15) is 0 Å². The van der Waals surface area contributed by atoms with Gasteiger partial charge in [0.2, 0.25) is 0 Å². The Morgan fingerprint density at radius 3 is 2.07 bits per heavy atom. The van der Waals surface area contributed by atoms with Gasteiger partial charge in [0.05, 0.1) is 0 Å². The zero-order valence-electron chi connectivity index (χ0n) is 8.05. The maximum absolute atomic E-state index is 11.1. The van der Waals surface area contributed by atoms with Crippen molar-refractivity contribution < 1.29 is 9.90 Å². The number of carboxylic acids is 1. The van der Waals surface area contributed by atoms with Gasteiger partial charge in [0.1, 0.15) is 0 Å². The predicted octanol–water partition coefficient (Wildman–Crippen LogP) is 1.81. The Bertz CT molecular complexity index is 256. The molecule has 2 nitrogen and oxygen atoms in total. The van der Waals surface area contributed by atoms with Crippen LogP contribution in [-0.4, -0.2) is 11.1 Å². The molecule has 0 unspecified atom stereocenters. The number of carbonyl (C=O) groups is 1. The Morgan fingerprint density at radius 1 is 1.00 bits per heavy atom. The van der Waals surface area contributed by atoms with E-state index in [0.29, 0.717) is 5.57 Å². The Balaban J connectivity index is 2.06. The SMILES string of the molecule is O=C(O)/C(=C/[C]1[CH][CH][CH][CH]1)[C]1[CH][CH][CH][CH]1. The molecule has 2 fully saturated rings. The monoisotopic (exact) mass is 198 g/mol. The second kappa shape index (κ2) is 4.82. The standard InChI is InChI=1S/C13H10O2/c14-13(15)12(11-7-3-4-8-11)9-10-5-1-2-6-10/h1-9H,(H,14,15)/b12-9+. The lowest BCUT2D eigenvalue weighted by Crippen LogP contribution is -2.10. The fourth-order valence-corrected chi connectivity index (χ4v) is 1.47. The summed E-state index contributed by atoms with van der Waals surface area (Å²) in [5.41, 5.74) is 0.325. The fraction of sp³-hybridized carbons (Fsp3) is 0. The normalized spacial score (nSPS) is 24.9. The zero-order chi connectivity index (χ0) is 10.7. The van der Waals surface area contributed by atoms with E-state index in [4.69, 9.17) is 5.11 Å². The summed E-state index contributed by atoms with van der Waals surface area (Å²) in [6.45, 7) is 0. The summed E-state index contributed by atoms with van der Waals surface area (Å²) >= 11 is 0. The van der Waals surface area contributed by atoms with E-state index in [2.05, 4.69) is 0 Å². The molecule has 0 bridgehead atoms. The van der Waals surface area contributed by atoms with Crippen molar-refractivity contribution in [1.82, 2.24) is 0 Å². The van der Waals surface area contributed by atoms with Crippen molar-refractivity contribution in [2.75, 3.05) is 0 Å². The molecular weight excluding hydrogens is 188 g/mol. The number of hydrogen-bond donors (Lipinski definition) is 1. The van der Waals surface area contributed by atoms with Gasteiger partial charge in [-0.1, -0.05) is 6.08 Å². The summed E-state index contributed by atoms with van der Waals surface area (Å²) in [5, 5.41) is 9.08. The van der Waals surface area contributed by atoms with Crippen molar-refractivity contribution in [3.8, 4) is 0 Å². The van der Waals surface area contributed by atoms with Crippen LogP contribution in [0.5, 0.6) is 0 Å². The molecule has 0 aromatic rings. The van der Waals surface area contributed by atoms with Crippen molar-refractivity contribution in [2.45, 2.75) is 0 Å². The third-order valence-corrected chi connectivity index (χ3v) is 2.20. The molecule has 2 aliphatic carbocycles. The minimum absolute atomic E-state index is 0.325. The van der Waals surface area contributed by atoms with Crippen molar-refractivity contribution in [1.29, 1.82) is 0 Å². The van der Waals surface area contributed by atoms with E-state index >= 15 is 0 Å². The van der Waals surface area contributed by atoms with Crippen LogP contribution in [0.15, 0.2) is 11.6 Å². The lowest BCUT2D eigenvalue weighted by atomic mass is 9.93. The minimum Gasteiger partial charge on any atom is -0.478 e. The van der Waals surface area contributed by atoms with Crippen molar-refractivity contribution >= 4 is 5.97 Å². The maximum Gasteiger partial charge on any atom is 0.331 e. The largest absolute Gasteiger partial charge is 0.478 e. The lowest BCUT2D eigenvalue weighted by Gasteiger charge is -2.11. The number of rotatable bonds is 3. The molecule has 0 amide bonds. The van der Waals surface area contributed by atoms with E-state index in [0.717, 1.165) is 11.8 Å². The van der Waals surface area contributed by atoms with Crippen LogP contribution < -0.4 is 0 Å². The average Bonchev–Trinajstić information content (AvgIpc) is 2.87. The first-order valence-electron chi connectivity index (χ1n) is 4.66. The van der Waals surface area contributed by atoms with Crippen LogP contribution >= 0.6 is 0 Å². The van der Waals surface area contributed by atoms with E-state index in [-0.39, 0.29) is 0 Å². The van der Waals surface area contributed by atoms with Crippen molar-refractivity contribution in [3.63, 3.8) is 0 Å². The van der Waals surface area contributed by atoms with Gasteiger partial charge in [0.15, 0.2) is 0 Å². The highest BCUT2D eigenvalue weighted by Gasteiger charge is 2.27. The molecule has 0 atom stereocenters. The third-order valence-electron chi connectivity index (χ3n) is 2.20. The van der Waals surface area contributed by atoms with Crippen LogP contribution in [0.2, 0.25) is 0 Å². The van der Waals surface area contributed by atoms with E-state index < -0.39 is 5.97 Å². The summed E-state index contributed by atoms with van der Waals surface area (Å²) < 4.78 is 0. The van der Waals surface area contributed by atoms with E-state index in [1.54, 1.807) is 18.9 Å². The quantitative estimate of drug-likeness (QED) is 0.702. The van der Waals surface area contributed by atoms with Crippen LogP contribution in [0.4, 0.5) is 0 Å². The van der Waals surface area contributed by atoms with Gasteiger partial charge in [0, 0.05) is 17.4 Å². The highest BCUT2D eigenvalue weighted by molar-refractivity contribution is 5.93. The predicted molar refractivity (Wildman–Crippen MR) is 56.6 cm³/mol. The molecule has 10 radical (unpaired) electrons. The smallest absolute Gasteiger partial charge is 0.331 e. The number of aliphatic carboxylic acids is 1. The molecule has 74 valence electrons. The molecule has 0 aromatic heterocycles. The van der Waals surface area contributed by atoms with Crippen LogP contribution in [0.25, 0.3) is 0 Å². The van der Waals surface area contributed by atoms with Gasteiger partial charge in [-0.25, -0.2) is 4.79 Å². The first-order valence-corrected chi connectivity index (χ1v) is 4.66. The summed E-state index contributed by atoms with van der Waals surface area (Å²) in [4.78, 5) is 11.1. The van der Waals surface area contributed by atoms with Crippen molar-refractivity contribution in [3.05, 3.63) is 74.9 Å². The summed E-state index contributed by atoms with van der Waals surface area (Å²) in [6.07, 6.45) is 16.5. The first kappa shape index (κ1) is 10.7. The molecule has 2 heteroatoms. The van der Waals surface area contributed by atoms with Gasteiger partial charge in [-0.05, 0) is 51.4 Å². The summed E-state index contributed by atoms with van der Waals surface area (Å²) in [5.74, 6) is 0.750. The minimum atomic E-state index is -0.901. The third kappa shape index (κ3) is 2.61. The Morgan fingerprint density at radius 2 is 1.53 bits per heavy atom. The molecule has 2 saturated carbocycles. The summed E-state index contributed by atoms with van der Waals surface area (Å²) in [6, 6.07) is 0. The van der Waals surface area contributed by atoms with Crippen LogP contribution in [0, 0.1) is 63.2 Å². The zero-order valence-corrected chi connectivity index (χ0v) is 8.05. The van der Waals surface area contributed by atoms with Gasteiger partial charge in [-0.3, -0.25) is 0 Å². The van der Waals surface area contributed by atoms with Crippen molar-refractivity contribution in [2.24, 2.45) is 0 Å². The lowest BCUT2D eigenvalue weighted by molar-refractivity contribution is -0.132. The second-order valence-corrected chi connectivity index (χ2v) is 3.25. The number of hydrogen-bond acceptors (Lipinski definition) is 1. The number of allylic oxidation sites excluding steroid dienone is 1. The molecule has 0 aliphatic heterocycles. The van der Waals surface area contributed by atoms with Gasteiger partial charge in [0.25, 0.3) is 0 Å². The average molecular weight is 198 g/mol. The molecule has 1 N–H and O–H groups in total.